The first-order chi connectivity index (χ1) is 8.67. The van der Waals surface area contributed by atoms with Gasteiger partial charge in [0.25, 0.3) is 0 Å². The standard InChI is InChI=1S/C14H22N2O2/c1-11(3-2-8-15)14(18)16-9-12-4-6-13(10-17)7-5-12/h4-7,11,17H,2-3,8-10,15H2,1H3,(H,16,18). The molecule has 4 heteroatoms. The van der Waals surface area contributed by atoms with Crippen LogP contribution < -0.4 is 11.1 Å². The van der Waals surface area contributed by atoms with Crippen molar-refractivity contribution in [2.45, 2.75) is 32.9 Å². The number of carbonyl (C=O) groups excluding carboxylic acids is 1. The zero-order valence-corrected chi connectivity index (χ0v) is 10.9. The highest BCUT2D eigenvalue weighted by molar-refractivity contribution is 5.78. The van der Waals surface area contributed by atoms with Crippen LogP contribution in [-0.2, 0) is 17.9 Å². The summed E-state index contributed by atoms with van der Waals surface area (Å²) in [6.45, 7) is 3.11. The van der Waals surface area contributed by atoms with Crippen LogP contribution in [0.5, 0.6) is 0 Å². The summed E-state index contributed by atoms with van der Waals surface area (Å²) in [5, 5.41) is 11.8. The van der Waals surface area contributed by atoms with Crippen LogP contribution in [0, 0.1) is 5.92 Å². The minimum Gasteiger partial charge on any atom is -0.392 e. The lowest BCUT2D eigenvalue weighted by Gasteiger charge is -2.11. The van der Waals surface area contributed by atoms with E-state index in [1.165, 1.54) is 0 Å². The number of aliphatic hydroxyl groups excluding tert-OH is 1. The minimum atomic E-state index is 0.00488. The molecule has 4 N–H and O–H groups in total. The lowest BCUT2D eigenvalue weighted by molar-refractivity contribution is -0.124. The number of nitrogens with two attached hydrogens (primary N) is 1. The molecule has 0 bridgehead atoms. The Morgan fingerprint density at radius 1 is 1.33 bits per heavy atom. The second-order valence-electron chi connectivity index (χ2n) is 4.52. The summed E-state index contributed by atoms with van der Waals surface area (Å²) < 4.78 is 0. The topological polar surface area (TPSA) is 75.4 Å². The van der Waals surface area contributed by atoms with Crippen molar-refractivity contribution in [2.24, 2.45) is 11.7 Å². The van der Waals surface area contributed by atoms with Gasteiger partial charge in [-0.1, -0.05) is 31.2 Å². The van der Waals surface area contributed by atoms with Crippen molar-refractivity contribution in [3.05, 3.63) is 35.4 Å². The summed E-state index contributed by atoms with van der Waals surface area (Å²) in [6.07, 6.45) is 1.70. The molecule has 0 radical (unpaired) electrons. The maximum Gasteiger partial charge on any atom is 0.223 e. The Kier molecular flexibility index (Phi) is 6.39. The Hall–Kier alpha value is -1.39. The number of amides is 1. The van der Waals surface area contributed by atoms with Crippen LogP contribution >= 0.6 is 0 Å². The summed E-state index contributed by atoms with van der Waals surface area (Å²) in [5.41, 5.74) is 7.33. The maximum atomic E-state index is 11.8. The summed E-state index contributed by atoms with van der Waals surface area (Å²) in [5.74, 6) is 0.0694. The molecule has 0 fully saturated rings. The van der Waals surface area contributed by atoms with Gasteiger partial charge in [-0.05, 0) is 30.5 Å². The molecule has 1 amide bonds. The van der Waals surface area contributed by atoms with Crippen molar-refractivity contribution in [3.63, 3.8) is 0 Å². The molecule has 0 saturated heterocycles. The van der Waals surface area contributed by atoms with E-state index in [4.69, 9.17) is 10.8 Å². The highest BCUT2D eigenvalue weighted by atomic mass is 16.3. The zero-order chi connectivity index (χ0) is 13.4. The summed E-state index contributed by atoms with van der Waals surface area (Å²) in [4.78, 5) is 11.8. The first-order valence-corrected chi connectivity index (χ1v) is 6.33. The van der Waals surface area contributed by atoms with Gasteiger partial charge in [-0.3, -0.25) is 4.79 Å². The third-order valence-corrected chi connectivity index (χ3v) is 2.96. The van der Waals surface area contributed by atoms with Crippen LogP contribution in [-0.4, -0.2) is 17.6 Å². The molecule has 1 aromatic carbocycles. The zero-order valence-electron chi connectivity index (χ0n) is 10.9. The van der Waals surface area contributed by atoms with Gasteiger partial charge in [0.1, 0.15) is 0 Å². The predicted octanol–water partition coefficient (Wildman–Crippen LogP) is 1.17. The van der Waals surface area contributed by atoms with Crippen molar-refractivity contribution in [3.8, 4) is 0 Å². The molecule has 1 rings (SSSR count). The van der Waals surface area contributed by atoms with Gasteiger partial charge in [0.15, 0.2) is 0 Å². The van der Waals surface area contributed by atoms with Crippen molar-refractivity contribution in [1.29, 1.82) is 0 Å². The smallest absolute Gasteiger partial charge is 0.223 e. The number of nitrogens with one attached hydrogen (secondary N) is 1. The lowest BCUT2D eigenvalue weighted by Crippen LogP contribution is -2.29. The first-order valence-electron chi connectivity index (χ1n) is 6.33. The van der Waals surface area contributed by atoms with Gasteiger partial charge in [0, 0.05) is 12.5 Å². The molecule has 0 spiro atoms. The normalized spacial score (nSPS) is 12.2. The average molecular weight is 250 g/mol. The third-order valence-electron chi connectivity index (χ3n) is 2.96. The fourth-order valence-corrected chi connectivity index (χ4v) is 1.68. The van der Waals surface area contributed by atoms with Crippen molar-refractivity contribution < 1.29 is 9.90 Å². The SMILES string of the molecule is CC(CCCN)C(=O)NCc1ccc(CO)cc1. The number of aliphatic hydroxyl groups is 1. The Labute approximate surface area is 108 Å². The molecule has 18 heavy (non-hydrogen) atoms. The molecule has 0 saturated carbocycles. The molecular weight excluding hydrogens is 228 g/mol. The van der Waals surface area contributed by atoms with E-state index in [-0.39, 0.29) is 18.4 Å². The van der Waals surface area contributed by atoms with Crippen LogP contribution in [0.4, 0.5) is 0 Å². The predicted molar refractivity (Wildman–Crippen MR) is 71.7 cm³/mol. The number of hydrogen-bond donors (Lipinski definition) is 3. The average Bonchev–Trinajstić information content (AvgIpc) is 2.42. The quantitative estimate of drug-likeness (QED) is 0.680. The Morgan fingerprint density at radius 2 is 1.94 bits per heavy atom. The fraction of sp³-hybridized carbons (Fsp3) is 0.500. The highest BCUT2D eigenvalue weighted by Gasteiger charge is 2.11. The lowest BCUT2D eigenvalue weighted by atomic mass is 10.0. The van der Waals surface area contributed by atoms with Gasteiger partial charge in [-0.2, -0.15) is 0 Å². The van der Waals surface area contributed by atoms with Gasteiger partial charge in [0.2, 0.25) is 5.91 Å². The van der Waals surface area contributed by atoms with E-state index < -0.39 is 0 Å². The van der Waals surface area contributed by atoms with E-state index in [1.807, 2.05) is 31.2 Å². The number of hydrogen-bond acceptors (Lipinski definition) is 3. The molecule has 1 aromatic rings. The third kappa shape index (κ3) is 4.85. The van der Waals surface area contributed by atoms with Crippen LogP contribution in [0.3, 0.4) is 0 Å². The van der Waals surface area contributed by atoms with E-state index in [9.17, 15) is 4.79 Å². The van der Waals surface area contributed by atoms with Gasteiger partial charge in [-0.25, -0.2) is 0 Å². The van der Waals surface area contributed by atoms with E-state index in [0.29, 0.717) is 13.1 Å². The van der Waals surface area contributed by atoms with E-state index >= 15 is 0 Å². The Bertz CT molecular complexity index is 363. The van der Waals surface area contributed by atoms with Crippen LogP contribution in [0.2, 0.25) is 0 Å². The van der Waals surface area contributed by atoms with E-state index in [1.54, 1.807) is 0 Å². The van der Waals surface area contributed by atoms with Crippen LogP contribution in [0.1, 0.15) is 30.9 Å². The van der Waals surface area contributed by atoms with E-state index in [2.05, 4.69) is 5.32 Å². The minimum absolute atomic E-state index is 0.00488. The monoisotopic (exact) mass is 250 g/mol. The van der Waals surface area contributed by atoms with Crippen molar-refractivity contribution in [1.82, 2.24) is 5.32 Å². The molecular formula is C14H22N2O2. The van der Waals surface area contributed by atoms with Gasteiger partial charge >= 0.3 is 0 Å². The molecule has 100 valence electrons. The molecule has 4 nitrogen and oxygen atoms in total. The van der Waals surface area contributed by atoms with Crippen LogP contribution in [0.25, 0.3) is 0 Å². The highest BCUT2D eigenvalue weighted by Crippen LogP contribution is 2.07. The molecule has 0 aliphatic rings. The number of rotatable bonds is 7. The number of benzene rings is 1. The summed E-state index contributed by atoms with van der Waals surface area (Å²) in [7, 11) is 0. The second kappa shape index (κ2) is 7.84. The second-order valence-corrected chi connectivity index (χ2v) is 4.52. The van der Waals surface area contributed by atoms with Gasteiger partial charge in [0.05, 0.1) is 6.61 Å². The molecule has 0 aliphatic heterocycles. The molecule has 0 heterocycles. The Balaban J connectivity index is 2.37. The van der Waals surface area contributed by atoms with Crippen molar-refractivity contribution >= 4 is 5.91 Å². The van der Waals surface area contributed by atoms with Crippen molar-refractivity contribution in [2.75, 3.05) is 6.54 Å². The molecule has 1 atom stereocenters. The van der Waals surface area contributed by atoms with Gasteiger partial charge in [-0.15, -0.1) is 0 Å². The fourth-order valence-electron chi connectivity index (χ4n) is 1.68. The molecule has 0 aromatic heterocycles. The Morgan fingerprint density at radius 3 is 2.50 bits per heavy atom. The number of carbonyl (C=O) groups is 1. The largest absolute Gasteiger partial charge is 0.392 e. The summed E-state index contributed by atoms with van der Waals surface area (Å²) >= 11 is 0. The van der Waals surface area contributed by atoms with Gasteiger partial charge < -0.3 is 16.2 Å². The van der Waals surface area contributed by atoms with Crippen LogP contribution in [0.15, 0.2) is 24.3 Å². The van der Waals surface area contributed by atoms with E-state index in [0.717, 1.165) is 24.0 Å². The summed E-state index contributed by atoms with van der Waals surface area (Å²) in [6, 6.07) is 7.55. The first kappa shape index (κ1) is 14.7. The molecule has 0 aliphatic carbocycles. The maximum absolute atomic E-state index is 11.8. The molecule has 1 unspecified atom stereocenters.